The van der Waals surface area contributed by atoms with E-state index in [0.717, 1.165) is 6.42 Å². The molecule has 0 aliphatic heterocycles. The zero-order valence-electron chi connectivity index (χ0n) is 16.7. The Hall–Kier alpha value is -3.02. The predicted molar refractivity (Wildman–Crippen MR) is 110 cm³/mol. The Morgan fingerprint density at radius 2 is 1.64 bits per heavy atom. The lowest BCUT2D eigenvalue weighted by atomic mass is 10.1. The first-order valence-corrected chi connectivity index (χ1v) is 9.46. The van der Waals surface area contributed by atoms with Gasteiger partial charge in [0, 0.05) is 11.3 Å². The zero-order chi connectivity index (χ0) is 20.4. The molecule has 0 saturated heterocycles. The number of amides is 2. The maximum absolute atomic E-state index is 12.3. The predicted octanol–water partition coefficient (Wildman–Crippen LogP) is 3.81. The van der Waals surface area contributed by atoms with Gasteiger partial charge in [0.2, 0.25) is 5.91 Å². The van der Waals surface area contributed by atoms with Crippen molar-refractivity contribution in [3.05, 3.63) is 53.6 Å². The van der Waals surface area contributed by atoms with Gasteiger partial charge in [-0.15, -0.1) is 0 Å². The van der Waals surface area contributed by atoms with Crippen LogP contribution in [0.15, 0.2) is 42.5 Å². The minimum atomic E-state index is -0.359. The summed E-state index contributed by atoms with van der Waals surface area (Å²) in [5.41, 5.74) is 2.36. The van der Waals surface area contributed by atoms with Crippen molar-refractivity contribution < 1.29 is 19.1 Å². The Balaban J connectivity index is 1.84. The first-order valence-electron chi connectivity index (χ1n) is 9.46. The first kappa shape index (κ1) is 21.3. The van der Waals surface area contributed by atoms with Gasteiger partial charge in [0.15, 0.2) is 11.5 Å². The van der Waals surface area contributed by atoms with Crippen LogP contribution in [0.4, 0.5) is 5.69 Å². The summed E-state index contributed by atoms with van der Waals surface area (Å²) in [6.45, 7) is 2.06. The number of nitrogens with one attached hydrogen (secondary N) is 2. The van der Waals surface area contributed by atoms with Gasteiger partial charge in [-0.3, -0.25) is 9.59 Å². The van der Waals surface area contributed by atoms with Gasteiger partial charge in [-0.2, -0.15) is 0 Å². The second kappa shape index (κ2) is 11.0. The molecule has 28 heavy (non-hydrogen) atoms. The molecular weight excluding hydrogens is 356 g/mol. The molecule has 0 aliphatic rings. The molecule has 6 nitrogen and oxygen atoms in total. The lowest BCUT2D eigenvalue weighted by Gasteiger charge is -2.10. The molecule has 0 heterocycles. The van der Waals surface area contributed by atoms with E-state index in [1.807, 2.05) is 24.3 Å². The molecule has 0 fully saturated rings. The number of methoxy groups -OCH3 is 2. The second-order valence-electron chi connectivity index (χ2n) is 6.45. The van der Waals surface area contributed by atoms with Crippen LogP contribution in [0.25, 0.3) is 0 Å². The van der Waals surface area contributed by atoms with Crippen LogP contribution in [0.2, 0.25) is 0 Å². The maximum Gasteiger partial charge on any atom is 0.251 e. The number of unbranched alkanes of at least 4 members (excludes halogenated alkanes) is 2. The second-order valence-corrected chi connectivity index (χ2v) is 6.45. The molecular formula is C22H28N2O4. The molecule has 0 spiro atoms. The quantitative estimate of drug-likeness (QED) is 0.611. The van der Waals surface area contributed by atoms with E-state index in [-0.39, 0.29) is 18.4 Å². The highest BCUT2D eigenvalue weighted by Crippen LogP contribution is 2.27. The minimum Gasteiger partial charge on any atom is -0.493 e. The Morgan fingerprint density at radius 3 is 2.29 bits per heavy atom. The van der Waals surface area contributed by atoms with Crippen LogP contribution in [0.3, 0.4) is 0 Å². The molecule has 0 aromatic heterocycles. The van der Waals surface area contributed by atoms with Crippen LogP contribution >= 0.6 is 0 Å². The third-order valence-electron chi connectivity index (χ3n) is 4.36. The fraction of sp³-hybridized carbons (Fsp3) is 0.364. The molecule has 0 saturated carbocycles. The summed E-state index contributed by atoms with van der Waals surface area (Å²) >= 11 is 0. The molecule has 0 bridgehead atoms. The molecule has 6 heteroatoms. The first-order chi connectivity index (χ1) is 13.6. The van der Waals surface area contributed by atoms with Crippen molar-refractivity contribution in [1.29, 1.82) is 0 Å². The van der Waals surface area contributed by atoms with Gasteiger partial charge in [0.1, 0.15) is 0 Å². The van der Waals surface area contributed by atoms with E-state index in [2.05, 4.69) is 17.6 Å². The Kier molecular flexibility index (Phi) is 8.34. The van der Waals surface area contributed by atoms with Crippen molar-refractivity contribution >= 4 is 17.5 Å². The normalized spacial score (nSPS) is 10.2. The standard InChI is InChI=1S/C22H28N2O4/c1-4-5-6-7-16-8-11-18(12-9-16)24-21(25)15-23-22(26)17-10-13-19(27-2)20(14-17)28-3/h8-14H,4-7,15H2,1-3H3,(H,23,26)(H,24,25). The van der Waals surface area contributed by atoms with Gasteiger partial charge in [0.25, 0.3) is 5.91 Å². The van der Waals surface area contributed by atoms with Crippen molar-refractivity contribution in [2.45, 2.75) is 32.6 Å². The highest BCUT2D eigenvalue weighted by Gasteiger charge is 2.12. The summed E-state index contributed by atoms with van der Waals surface area (Å²) in [6.07, 6.45) is 4.63. The smallest absolute Gasteiger partial charge is 0.251 e. The summed E-state index contributed by atoms with van der Waals surface area (Å²) in [7, 11) is 3.03. The van der Waals surface area contributed by atoms with Gasteiger partial charge in [-0.25, -0.2) is 0 Å². The lowest BCUT2D eigenvalue weighted by molar-refractivity contribution is -0.115. The monoisotopic (exact) mass is 384 g/mol. The summed E-state index contributed by atoms with van der Waals surface area (Å²) in [5.74, 6) is 0.350. The highest BCUT2D eigenvalue weighted by atomic mass is 16.5. The lowest BCUT2D eigenvalue weighted by Crippen LogP contribution is -2.32. The average molecular weight is 384 g/mol. The van der Waals surface area contributed by atoms with Crippen LogP contribution < -0.4 is 20.1 Å². The summed E-state index contributed by atoms with van der Waals surface area (Å²) in [6, 6.07) is 12.6. The minimum absolute atomic E-state index is 0.120. The van der Waals surface area contributed by atoms with E-state index < -0.39 is 0 Å². The summed E-state index contributed by atoms with van der Waals surface area (Å²) in [4.78, 5) is 24.3. The van der Waals surface area contributed by atoms with E-state index in [1.54, 1.807) is 18.2 Å². The Morgan fingerprint density at radius 1 is 0.929 bits per heavy atom. The van der Waals surface area contributed by atoms with E-state index in [4.69, 9.17) is 9.47 Å². The molecule has 0 aliphatic carbocycles. The van der Waals surface area contributed by atoms with Crippen LogP contribution in [-0.2, 0) is 11.2 Å². The Labute approximate surface area is 166 Å². The van der Waals surface area contributed by atoms with Crippen LogP contribution in [-0.4, -0.2) is 32.6 Å². The van der Waals surface area contributed by atoms with Crippen LogP contribution in [0, 0.1) is 0 Å². The van der Waals surface area contributed by atoms with Crippen molar-refractivity contribution in [3.8, 4) is 11.5 Å². The molecule has 2 aromatic rings. The van der Waals surface area contributed by atoms with E-state index in [9.17, 15) is 9.59 Å². The third kappa shape index (κ3) is 6.30. The number of hydrogen-bond acceptors (Lipinski definition) is 4. The van der Waals surface area contributed by atoms with Gasteiger partial charge in [0.05, 0.1) is 20.8 Å². The zero-order valence-corrected chi connectivity index (χ0v) is 16.7. The molecule has 150 valence electrons. The Bertz CT molecular complexity index is 788. The van der Waals surface area contributed by atoms with Crippen molar-refractivity contribution in [2.75, 3.05) is 26.1 Å². The van der Waals surface area contributed by atoms with Gasteiger partial charge >= 0.3 is 0 Å². The van der Waals surface area contributed by atoms with E-state index in [0.29, 0.717) is 22.7 Å². The van der Waals surface area contributed by atoms with Gasteiger partial charge in [-0.1, -0.05) is 31.9 Å². The molecule has 0 atom stereocenters. The van der Waals surface area contributed by atoms with Gasteiger partial charge < -0.3 is 20.1 Å². The number of hydrogen-bond donors (Lipinski definition) is 2. The molecule has 2 aromatic carbocycles. The van der Waals surface area contributed by atoms with E-state index >= 15 is 0 Å². The average Bonchev–Trinajstić information content (AvgIpc) is 2.72. The molecule has 2 rings (SSSR count). The number of ether oxygens (including phenoxy) is 2. The van der Waals surface area contributed by atoms with Crippen molar-refractivity contribution in [3.63, 3.8) is 0 Å². The van der Waals surface area contributed by atoms with Crippen LogP contribution in [0.5, 0.6) is 11.5 Å². The molecule has 0 unspecified atom stereocenters. The fourth-order valence-corrected chi connectivity index (χ4v) is 2.78. The molecule has 0 radical (unpaired) electrons. The van der Waals surface area contributed by atoms with Crippen LogP contribution in [0.1, 0.15) is 42.1 Å². The number of carbonyl (C=O) groups is 2. The number of carbonyl (C=O) groups excluding carboxylic acids is 2. The third-order valence-corrected chi connectivity index (χ3v) is 4.36. The number of anilines is 1. The van der Waals surface area contributed by atoms with Crippen molar-refractivity contribution in [1.82, 2.24) is 5.32 Å². The summed E-state index contributed by atoms with van der Waals surface area (Å²) in [5, 5.41) is 5.39. The SMILES string of the molecule is CCCCCc1ccc(NC(=O)CNC(=O)c2ccc(OC)c(OC)c2)cc1. The van der Waals surface area contributed by atoms with Gasteiger partial charge in [-0.05, 0) is 48.7 Å². The molecule has 2 amide bonds. The topological polar surface area (TPSA) is 76.7 Å². The maximum atomic E-state index is 12.3. The highest BCUT2D eigenvalue weighted by molar-refractivity contribution is 5.99. The number of benzene rings is 2. The molecule has 2 N–H and O–H groups in total. The van der Waals surface area contributed by atoms with Crippen molar-refractivity contribution in [2.24, 2.45) is 0 Å². The fourth-order valence-electron chi connectivity index (χ4n) is 2.78. The number of aryl methyl sites for hydroxylation is 1. The summed E-state index contributed by atoms with van der Waals surface area (Å²) < 4.78 is 10.3. The largest absolute Gasteiger partial charge is 0.493 e. The number of rotatable bonds is 10. The van der Waals surface area contributed by atoms with E-state index in [1.165, 1.54) is 39.0 Å².